The van der Waals surface area contributed by atoms with Crippen molar-refractivity contribution in [2.75, 3.05) is 5.75 Å². The molecule has 1 aliphatic heterocycles. The van der Waals surface area contributed by atoms with Crippen LogP contribution in [0.5, 0.6) is 0 Å². The van der Waals surface area contributed by atoms with Gasteiger partial charge >= 0.3 is 5.97 Å². The summed E-state index contributed by atoms with van der Waals surface area (Å²) in [7, 11) is -3.01. The van der Waals surface area contributed by atoms with Crippen molar-refractivity contribution in [2.24, 2.45) is 0 Å². The number of carbonyl (C=O) groups is 1. The molecular formula is C8H9NO4S2. The lowest BCUT2D eigenvalue weighted by atomic mass is 10.3. The Balaban J connectivity index is 2.29. The molecule has 0 radical (unpaired) electrons. The molecule has 0 spiro atoms. The van der Waals surface area contributed by atoms with E-state index in [2.05, 4.69) is 4.98 Å². The van der Waals surface area contributed by atoms with E-state index < -0.39 is 15.8 Å². The monoisotopic (exact) mass is 247 g/mol. The molecule has 1 N–H and O–H groups in total. The Kier molecular flexibility index (Phi) is 2.51. The van der Waals surface area contributed by atoms with Crippen LogP contribution in [0.4, 0.5) is 0 Å². The molecule has 0 aromatic carbocycles. The number of carboxylic acids is 1. The zero-order valence-electron chi connectivity index (χ0n) is 7.76. The van der Waals surface area contributed by atoms with Gasteiger partial charge in [0.25, 0.3) is 0 Å². The summed E-state index contributed by atoms with van der Waals surface area (Å²) in [6, 6.07) is 0. The fraction of sp³-hybridized carbons (Fsp3) is 0.500. The zero-order chi connectivity index (χ0) is 11.1. The molecule has 15 heavy (non-hydrogen) atoms. The van der Waals surface area contributed by atoms with E-state index in [1.807, 2.05) is 0 Å². The van der Waals surface area contributed by atoms with Crippen molar-refractivity contribution in [1.82, 2.24) is 4.98 Å². The molecule has 1 aromatic heterocycles. The summed E-state index contributed by atoms with van der Waals surface area (Å²) in [5.41, 5.74) is 0.544. The van der Waals surface area contributed by atoms with Crippen molar-refractivity contribution in [2.45, 2.75) is 18.6 Å². The highest BCUT2D eigenvalue weighted by Crippen LogP contribution is 2.26. The van der Waals surface area contributed by atoms with Crippen molar-refractivity contribution in [3.63, 3.8) is 0 Å². The van der Waals surface area contributed by atoms with Gasteiger partial charge < -0.3 is 5.11 Å². The van der Waals surface area contributed by atoms with E-state index in [0.29, 0.717) is 17.1 Å². The molecule has 0 atom stereocenters. The molecule has 5 nitrogen and oxygen atoms in total. The van der Waals surface area contributed by atoms with Crippen molar-refractivity contribution in [3.05, 3.63) is 15.6 Å². The molecule has 82 valence electrons. The van der Waals surface area contributed by atoms with Gasteiger partial charge in [-0.15, -0.1) is 11.3 Å². The number of hydrogen-bond donors (Lipinski definition) is 1. The summed E-state index contributed by atoms with van der Waals surface area (Å²) in [5.74, 6) is -0.836. The largest absolute Gasteiger partial charge is 0.481 e. The van der Waals surface area contributed by atoms with Gasteiger partial charge in [0.05, 0.1) is 23.6 Å². The predicted octanol–water partition coefficient (Wildman–Crippen LogP) is 0.241. The standard InChI is InChI=1S/C8H9NO4S2/c10-8(11)3-7-9-5-4-15(12,13)2-1-6(5)14-7/h1-4H2,(H,10,11). The van der Waals surface area contributed by atoms with Crippen LogP contribution in [0.2, 0.25) is 0 Å². The Morgan fingerprint density at radius 2 is 2.27 bits per heavy atom. The van der Waals surface area contributed by atoms with E-state index in [0.717, 1.165) is 4.88 Å². The maximum Gasteiger partial charge on any atom is 0.310 e. The average molecular weight is 247 g/mol. The first-order valence-corrected chi connectivity index (χ1v) is 7.00. The van der Waals surface area contributed by atoms with Crippen molar-refractivity contribution >= 4 is 27.1 Å². The van der Waals surface area contributed by atoms with Crippen LogP contribution in [0.3, 0.4) is 0 Å². The van der Waals surface area contributed by atoms with Crippen LogP contribution in [0.15, 0.2) is 0 Å². The normalized spacial score (nSPS) is 18.4. The van der Waals surface area contributed by atoms with Crippen LogP contribution < -0.4 is 0 Å². The lowest BCUT2D eigenvalue weighted by Gasteiger charge is -2.09. The third-order valence-electron chi connectivity index (χ3n) is 2.12. The molecule has 2 rings (SSSR count). The van der Waals surface area contributed by atoms with Gasteiger partial charge in [0.2, 0.25) is 0 Å². The van der Waals surface area contributed by atoms with E-state index in [1.54, 1.807) is 0 Å². The van der Waals surface area contributed by atoms with Gasteiger partial charge in [-0.2, -0.15) is 0 Å². The third kappa shape index (κ3) is 2.35. The highest BCUT2D eigenvalue weighted by atomic mass is 32.2. The lowest BCUT2D eigenvalue weighted by molar-refractivity contribution is -0.136. The molecule has 0 bridgehead atoms. The highest BCUT2D eigenvalue weighted by molar-refractivity contribution is 7.90. The number of thiazole rings is 1. The summed E-state index contributed by atoms with van der Waals surface area (Å²) in [4.78, 5) is 15.4. The van der Waals surface area contributed by atoms with Crippen LogP contribution in [-0.2, 0) is 33.2 Å². The van der Waals surface area contributed by atoms with Crippen LogP contribution in [0, 0.1) is 0 Å². The summed E-state index contributed by atoms with van der Waals surface area (Å²) < 4.78 is 22.6. The minimum atomic E-state index is -3.01. The fourth-order valence-electron chi connectivity index (χ4n) is 1.48. The smallest absolute Gasteiger partial charge is 0.310 e. The van der Waals surface area contributed by atoms with E-state index in [-0.39, 0.29) is 17.9 Å². The van der Waals surface area contributed by atoms with E-state index in [1.165, 1.54) is 11.3 Å². The summed E-state index contributed by atoms with van der Waals surface area (Å²) >= 11 is 1.31. The second kappa shape index (κ2) is 3.57. The van der Waals surface area contributed by atoms with Crippen molar-refractivity contribution < 1.29 is 18.3 Å². The number of hydrogen-bond acceptors (Lipinski definition) is 5. The highest BCUT2D eigenvalue weighted by Gasteiger charge is 2.25. The molecule has 1 aliphatic rings. The molecule has 7 heteroatoms. The van der Waals surface area contributed by atoms with Gasteiger partial charge in [-0.3, -0.25) is 4.79 Å². The van der Waals surface area contributed by atoms with Gasteiger partial charge in [-0.1, -0.05) is 0 Å². The Hall–Kier alpha value is -0.950. The Labute approximate surface area is 90.7 Å². The third-order valence-corrected chi connectivity index (χ3v) is 4.82. The molecular weight excluding hydrogens is 238 g/mol. The Morgan fingerprint density at radius 3 is 2.93 bits per heavy atom. The second-order valence-electron chi connectivity index (χ2n) is 3.39. The number of sulfone groups is 1. The molecule has 0 fully saturated rings. The first-order valence-electron chi connectivity index (χ1n) is 4.36. The summed E-state index contributed by atoms with van der Waals surface area (Å²) in [6.45, 7) is 0. The number of nitrogens with zero attached hydrogens (tertiary/aromatic N) is 1. The van der Waals surface area contributed by atoms with Crippen LogP contribution in [0.25, 0.3) is 0 Å². The summed E-state index contributed by atoms with van der Waals surface area (Å²) in [6.07, 6.45) is 0.340. The number of fused-ring (bicyclic) bond motifs is 1. The number of rotatable bonds is 2. The quantitative estimate of drug-likeness (QED) is 0.809. The molecule has 0 aliphatic carbocycles. The Morgan fingerprint density at radius 1 is 1.53 bits per heavy atom. The van der Waals surface area contributed by atoms with Crippen molar-refractivity contribution in [1.29, 1.82) is 0 Å². The molecule has 0 saturated carbocycles. The lowest BCUT2D eigenvalue weighted by Crippen LogP contribution is -2.17. The van der Waals surface area contributed by atoms with Gasteiger partial charge in [-0.05, 0) is 6.42 Å². The van der Waals surface area contributed by atoms with E-state index >= 15 is 0 Å². The molecule has 0 unspecified atom stereocenters. The van der Waals surface area contributed by atoms with Gasteiger partial charge in [0.1, 0.15) is 5.01 Å². The predicted molar refractivity (Wildman–Crippen MR) is 54.6 cm³/mol. The number of aliphatic carboxylic acids is 1. The maximum absolute atomic E-state index is 11.3. The van der Waals surface area contributed by atoms with Crippen molar-refractivity contribution in [3.8, 4) is 0 Å². The topological polar surface area (TPSA) is 84.3 Å². The van der Waals surface area contributed by atoms with Gasteiger partial charge in [0.15, 0.2) is 9.84 Å². The first-order chi connectivity index (χ1) is 6.96. The maximum atomic E-state index is 11.3. The van der Waals surface area contributed by atoms with E-state index in [9.17, 15) is 13.2 Å². The fourth-order valence-corrected chi connectivity index (χ4v) is 4.09. The van der Waals surface area contributed by atoms with Crippen LogP contribution in [0.1, 0.15) is 15.6 Å². The van der Waals surface area contributed by atoms with Crippen LogP contribution in [-0.4, -0.2) is 30.2 Å². The minimum Gasteiger partial charge on any atom is -0.481 e. The molecule has 2 heterocycles. The SMILES string of the molecule is O=C(O)Cc1nc2c(s1)CCS(=O)(=O)C2. The summed E-state index contributed by atoms with van der Waals surface area (Å²) in [5, 5.41) is 9.07. The van der Waals surface area contributed by atoms with Gasteiger partial charge in [0, 0.05) is 4.88 Å². The van der Waals surface area contributed by atoms with Crippen LogP contribution >= 0.6 is 11.3 Å². The number of aromatic nitrogens is 1. The number of carboxylic acid groups (broad SMARTS) is 1. The van der Waals surface area contributed by atoms with E-state index in [4.69, 9.17) is 5.11 Å². The first kappa shape index (κ1) is 10.6. The molecule has 0 amide bonds. The Bertz CT molecular complexity index is 503. The zero-order valence-corrected chi connectivity index (χ0v) is 9.40. The average Bonchev–Trinajstić information content (AvgIpc) is 2.42. The van der Waals surface area contributed by atoms with Gasteiger partial charge in [-0.25, -0.2) is 13.4 Å². The molecule has 1 aromatic rings. The molecule has 0 saturated heterocycles. The second-order valence-corrected chi connectivity index (χ2v) is 6.74. The number of aryl methyl sites for hydroxylation is 1. The minimum absolute atomic E-state index is 0.0432.